The third-order valence-corrected chi connectivity index (χ3v) is 5.77. The molecule has 0 bridgehead atoms. The van der Waals surface area contributed by atoms with Gasteiger partial charge in [-0.1, -0.05) is 0 Å². The molecule has 2 heterocycles. The molecular weight excluding hydrogens is 496 g/mol. The van der Waals surface area contributed by atoms with E-state index in [1.165, 1.54) is 36.4 Å². The molecule has 13 heteroatoms. The summed E-state index contributed by atoms with van der Waals surface area (Å²) in [4.78, 5) is 22.2. The van der Waals surface area contributed by atoms with Crippen LogP contribution in [0.15, 0.2) is 65.3 Å². The van der Waals surface area contributed by atoms with Crippen molar-refractivity contribution in [3.63, 3.8) is 0 Å². The number of ether oxygens (including phenoxy) is 4. The van der Waals surface area contributed by atoms with Crippen LogP contribution in [0.1, 0.15) is 12.0 Å². The number of hydrogen-bond donors (Lipinski definition) is 7. The van der Waals surface area contributed by atoms with Crippen LogP contribution in [-0.2, 0) is 23.8 Å². The molecule has 0 saturated carbocycles. The van der Waals surface area contributed by atoms with Crippen LogP contribution < -0.4 is 0 Å². The zero-order valence-electron chi connectivity index (χ0n) is 19.0. The Kier molecular flexibility index (Phi) is 7.40. The molecule has 6 unspecified atom stereocenters. The number of carbonyl (C=O) groups excluding carboxylic acids is 1. The van der Waals surface area contributed by atoms with Gasteiger partial charge in [-0.25, -0.2) is 0 Å². The number of aliphatic hydroxyl groups excluding tert-OH is 5. The number of aliphatic hydroxyl groups is 7. The van der Waals surface area contributed by atoms with E-state index in [4.69, 9.17) is 19.3 Å². The zero-order valence-corrected chi connectivity index (χ0v) is 19.0. The lowest BCUT2D eigenvalue weighted by Gasteiger charge is -2.40. The van der Waals surface area contributed by atoms with E-state index in [-0.39, 0.29) is 34.4 Å². The molecule has 0 radical (unpaired) electrons. The summed E-state index contributed by atoms with van der Waals surface area (Å²) in [7, 11) is 0. The fourth-order valence-corrected chi connectivity index (χ4v) is 3.91. The molecule has 0 amide bonds. The number of phenols is 1. The van der Waals surface area contributed by atoms with Gasteiger partial charge in [-0.3, -0.25) is 9.59 Å². The Hall–Kier alpha value is -4.04. The highest BCUT2D eigenvalue weighted by atomic mass is 16.7. The molecule has 0 aromatic heterocycles. The van der Waals surface area contributed by atoms with Crippen molar-refractivity contribution in [2.75, 3.05) is 6.61 Å². The fourth-order valence-electron chi connectivity index (χ4n) is 3.91. The zero-order chi connectivity index (χ0) is 26.9. The smallest absolute Gasteiger partial charge is 0.317 e. The predicted octanol–water partition coefficient (Wildman–Crippen LogP) is -0.363. The second-order valence-corrected chi connectivity index (χ2v) is 8.44. The number of benzene rings is 1. The third kappa shape index (κ3) is 5.70. The summed E-state index contributed by atoms with van der Waals surface area (Å²) in [5.41, 5.74) is 0.704. The lowest BCUT2D eigenvalue weighted by atomic mass is 9.97. The van der Waals surface area contributed by atoms with Crippen molar-refractivity contribution in [2.45, 2.75) is 43.2 Å². The van der Waals surface area contributed by atoms with E-state index in [9.17, 15) is 40.2 Å². The van der Waals surface area contributed by atoms with Gasteiger partial charge >= 0.3 is 17.7 Å². The fraction of sp³-hybridized carbons (Fsp3) is 0.333. The first-order valence-electron chi connectivity index (χ1n) is 11.0. The van der Waals surface area contributed by atoms with Gasteiger partial charge in [0.05, 0.1) is 17.2 Å². The highest BCUT2D eigenvalue weighted by Gasteiger charge is 2.47. The number of aromatic hydroxyl groups is 1. The predicted molar refractivity (Wildman–Crippen MR) is 122 cm³/mol. The van der Waals surface area contributed by atoms with E-state index in [1.54, 1.807) is 0 Å². The monoisotopic (exact) mass is 521 g/mol. The van der Waals surface area contributed by atoms with Crippen molar-refractivity contribution in [3.8, 4) is 5.75 Å². The van der Waals surface area contributed by atoms with Crippen molar-refractivity contribution in [3.05, 3.63) is 70.9 Å². The molecule has 13 nitrogen and oxygen atoms in total. The van der Waals surface area contributed by atoms with Crippen molar-refractivity contribution < 1.29 is 64.3 Å². The molecule has 1 fully saturated rings. The molecule has 1 aromatic rings. The standard InChI is InChI=1S/C24H24O13/c25-11-3-1-10(2-4-11)23-16(7-13-14(27)5-12(26)6-15(13)35-23)36-24-22(33)21(32)20(31)17(37-24)9-34-19(30)8-18(28)29/h1-7,15,17,20-22,24-27,31-33H,8-9H2,(H,28,29)/p+1. The molecular formula is C24H25O13+. The van der Waals surface area contributed by atoms with Crippen molar-refractivity contribution in [1.29, 1.82) is 0 Å². The molecule has 3 aliphatic rings. The number of allylic oxidation sites excluding steroid dienone is 2. The van der Waals surface area contributed by atoms with Crippen LogP contribution in [0.4, 0.5) is 0 Å². The Morgan fingerprint density at radius 2 is 1.68 bits per heavy atom. The quantitative estimate of drug-likeness (QED) is 0.139. The van der Waals surface area contributed by atoms with Crippen LogP contribution in [0.5, 0.6) is 5.75 Å². The van der Waals surface area contributed by atoms with E-state index in [2.05, 4.69) is 4.74 Å². The maximum absolute atomic E-state index is 11.6. The largest absolute Gasteiger partial charge is 0.571 e. The second-order valence-electron chi connectivity index (χ2n) is 8.44. The number of rotatable bonds is 7. The summed E-state index contributed by atoms with van der Waals surface area (Å²) in [6.07, 6.45) is -6.09. The van der Waals surface area contributed by atoms with Crippen LogP contribution >= 0.6 is 0 Å². The molecule has 6 atom stereocenters. The average molecular weight is 521 g/mol. The van der Waals surface area contributed by atoms with E-state index in [0.29, 0.717) is 5.56 Å². The molecule has 1 aliphatic carbocycles. The Morgan fingerprint density at radius 3 is 2.35 bits per heavy atom. The first-order valence-corrected chi connectivity index (χ1v) is 11.0. The normalized spacial score (nSPS) is 29.2. The number of esters is 1. The number of hydrogen-bond acceptors (Lipinski definition) is 11. The maximum Gasteiger partial charge on any atom is 0.317 e. The van der Waals surface area contributed by atoms with Gasteiger partial charge in [-0.05, 0) is 24.3 Å². The minimum atomic E-state index is -1.79. The Labute approximate surface area is 209 Å². The van der Waals surface area contributed by atoms with Crippen LogP contribution in [-0.4, -0.2) is 95.8 Å². The minimum absolute atomic E-state index is 0.0157. The number of carboxylic acid groups (broad SMARTS) is 1. The number of fused-ring (bicyclic) bond motifs is 1. The Morgan fingerprint density at radius 1 is 0.973 bits per heavy atom. The van der Waals surface area contributed by atoms with Crippen molar-refractivity contribution >= 4 is 17.7 Å². The van der Waals surface area contributed by atoms with E-state index < -0.39 is 61.8 Å². The lowest BCUT2D eigenvalue weighted by Crippen LogP contribution is -2.59. The van der Waals surface area contributed by atoms with Gasteiger partial charge in [0.15, 0.2) is 0 Å². The number of carbonyl (C=O) groups is 2. The number of aliphatic carboxylic acids is 1. The topological polar surface area (TPSA) is 216 Å². The van der Waals surface area contributed by atoms with Crippen LogP contribution in [0.3, 0.4) is 0 Å². The first-order chi connectivity index (χ1) is 17.5. The van der Waals surface area contributed by atoms with Gasteiger partial charge in [0, 0.05) is 12.2 Å². The summed E-state index contributed by atoms with van der Waals surface area (Å²) >= 11 is 0. The molecule has 4 rings (SSSR count). The maximum atomic E-state index is 11.6. The number of phenolic OH excluding ortho intramolecular Hbond substituents is 1. The van der Waals surface area contributed by atoms with Gasteiger partial charge in [0.1, 0.15) is 54.7 Å². The molecule has 1 aromatic carbocycles. The highest BCUT2D eigenvalue weighted by molar-refractivity contribution is 5.90. The van der Waals surface area contributed by atoms with Gasteiger partial charge < -0.3 is 54.7 Å². The van der Waals surface area contributed by atoms with E-state index >= 15 is 0 Å². The van der Waals surface area contributed by atoms with Crippen molar-refractivity contribution in [1.82, 2.24) is 0 Å². The summed E-state index contributed by atoms with van der Waals surface area (Å²) in [5.74, 6) is -2.87. The van der Waals surface area contributed by atoms with E-state index in [1.807, 2.05) is 0 Å². The average Bonchev–Trinajstić information content (AvgIpc) is 2.83. The highest BCUT2D eigenvalue weighted by Crippen LogP contribution is 2.36. The molecule has 0 spiro atoms. The Balaban J connectivity index is 1.62. The summed E-state index contributed by atoms with van der Waals surface area (Å²) in [5, 5.41) is 69.6. The Bertz CT molecular complexity index is 1180. The van der Waals surface area contributed by atoms with Crippen LogP contribution in [0.25, 0.3) is 5.76 Å². The summed E-state index contributed by atoms with van der Waals surface area (Å²) in [6, 6.07) is 5.85. The summed E-state index contributed by atoms with van der Waals surface area (Å²) in [6.45, 7) is -0.637. The SMILES string of the molecule is O=C(O)CC(=O)OCC1OC(OC2=C(c3ccc(O)cc3)[OH+]C3C=C(O)C=C(O)C3=C2)C(O)C(O)C1O. The summed E-state index contributed by atoms with van der Waals surface area (Å²) < 4.78 is 20.7. The first kappa shape index (κ1) is 26.0. The van der Waals surface area contributed by atoms with E-state index in [0.717, 1.165) is 6.08 Å². The van der Waals surface area contributed by atoms with Crippen molar-refractivity contribution in [2.24, 2.45) is 0 Å². The van der Waals surface area contributed by atoms with Gasteiger partial charge in [0.25, 0.3) is 0 Å². The second kappa shape index (κ2) is 10.5. The molecule has 198 valence electrons. The lowest BCUT2D eigenvalue weighted by molar-refractivity contribution is -0.291. The number of carboxylic acids is 1. The van der Waals surface area contributed by atoms with Gasteiger partial charge in [-0.2, -0.15) is 0 Å². The van der Waals surface area contributed by atoms with Crippen LogP contribution in [0.2, 0.25) is 0 Å². The molecule has 8 N–H and O–H groups in total. The molecule has 37 heavy (non-hydrogen) atoms. The van der Waals surface area contributed by atoms with Gasteiger partial charge in [0.2, 0.25) is 18.2 Å². The third-order valence-electron chi connectivity index (χ3n) is 5.77. The minimum Gasteiger partial charge on any atom is -0.571 e. The molecule has 2 aliphatic heterocycles. The molecule has 1 saturated heterocycles. The van der Waals surface area contributed by atoms with Crippen LogP contribution in [0, 0.1) is 0 Å². The van der Waals surface area contributed by atoms with Gasteiger partial charge in [-0.15, -0.1) is 0 Å².